The second-order valence-corrected chi connectivity index (χ2v) is 6.24. The first-order chi connectivity index (χ1) is 12.8. The maximum atomic E-state index is 12.0. The molecule has 0 amide bonds. The number of carbonyl (C=O) groups is 2. The molecule has 0 saturated carbocycles. The van der Waals surface area contributed by atoms with E-state index in [1.54, 1.807) is 38.1 Å². The van der Waals surface area contributed by atoms with Gasteiger partial charge < -0.3 is 25.4 Å². The number of fused-ring (bicyclic) bond motifs is 1. The molecule has 8 nitrogen and oxygen atoms in total. The number of hydrogen-bond donors (Lipinski definition) is 3. The third-order valence-electron chi connectivity index (χ3n) is 3.46. The molecule has 27 heavy (non-hydrogen) atoms. The first-order valence-corrected chi connectivity index (χ1v) is 8.37. The van der Waals surface area contributed by atoms with Crippen LogP contribution in [0.25, 0.3) is 10.8 Å². The molecular weight excluding hydrogens is 374 g/mol. The second-order valence-electron chi connectivity index (χ2n) is 5.81. The zero-order valence-electron chi connectivity index (χ0n) is 14.8. The molecule has 2 aromatic carbocycles. The number of nitrogens with one attached hydrogen (secondary N) is 1. The predicted molar refractivity (Wildman–Crippen MR) is 100 cm³/mol. The van der Waals surface area contributed by atoms with Gasteiger partial charge in [0.15, 0.2) is 5.70 Å². The third kappa shape index (κ3) is 5.50. The highest BCUT2D eigenvalue weighted by Crippen LogP contribution is 2.24. The number of rotatable bonds is 7. The largest absolute Gasteiger partial charge is 0.439 e. The van der Waals surface area contributed by atoms with Gasteiger partial charge in [0.25, 0.3) is 0 Å². The zero-order valence-corrected chi connectivity index (χ0v) is 15.6. The van der Waals surface area contributed by atoms with Crippen LogP contribution in [0.15, 0.2) is 48.0 Å². The van der Waals surface area contributed by atoms with Crippen molar-refractivity contribution in [1.29, 1.82) is 0 Å². The molecule has 0 aromatic heterocycles. The van der Waals surface area contributed by atoms with E-state index in [-0.39, 0.29) is 17.5 Å². The molecule has 144 valence electrons. The van der Waals surface area contributed by atoms with Crippen molar-refractivity contribution in [1.82, 2.24) is 5.43 Å². The summed E-state index contributed by atoms with van der Waals surface area (Å²) >= 11 is 5.95. The Balaban J connectivity index is 2.08. The molecular formula is C18H20ClN3O5. The Hall–Kier alpha value is -2.97. The first kappa shape index (κ1) is 20.3. The summed E-state index contributed by atoms with van der Waals surface area (Å²) in [6.45, 7) is 2.74. The van der Waals surface area contributed by atoms with Crippen LogP contribution in [0.4, 0.5) is 0 Å². The van der Waals surface area contributed by atoms with Crippen LogP contribution >= 0.6 is 11.6 Å². The van der Waals surface area contributed by atoms with Gasteiger partial charge in [-0.25, -0.2) is 4.79 Å². The second kappa shape index (κ2) is 9.11. The predicted octanol–water partition coefficient (Wildman–Crippen LogP) is 2.16. The molecule has 0 fully saturated rings. The maximum Gasteiger partial charge on any atom is 0.364 e. The number of hydrogen-bond acceptors (Lipinski definition) is 8. The monoisotopic (exact) mass is 393 g/mol. The van der Waals surface area contributed by atoms with Crippen molar-refractivity contribution in [2.75, 3.05) is 6.79 Å². The van der Waals surface area contributed by atoms with E-state index in [1.807, 2.05) is 12.1 Å². The van der Waals surface area contributed by atoms with Crippen molar-refractivity contribution in [3.05, 3.63) is 53.0 Å². The number of hydrazine groups is 1. The number of halogens is 1. The van der Waals surface area contributed by atoms with Gasteiger partial charge in [-0.3, -0.25) is 10.6 Å². The summed E-state index contributed by atoms with van der Waals surface area (Å²) in [5.41, 5.74) is 7.61. The van der Waals surface area contributed by atoms with E-state index in [1.165, 1.54) is 0 Å². The summed E-state index contributed by atoms with van der Waals surface area (Å²) in [4.78, 5) is 23.4. The Morgan fingerprint density at radius 1 is 1.11 bits per heavy atom. The number of esters is 2. The molecule has 0 aliphatic rings. The van der Waals surface area contributed by atoms with Crippen LogP contribution in [0.5, 0.6) is 5.75 Å². The molecule has 0 atom stereocenters. The van der Waals surface area contributed by atoms with E-state index in [2.05, 4.69) is 5.43 Å². The number of benzene rings is 2. The van der Waals surface area contributed by atoms with Gasteiger partial charge in [-0.05, 0) is 35.0 Å². The minimum atomic E-state index is -0.931. The summed E-state index contributed by atoms with van der Waals surface area (Å²) in [7, 11) is 0. The highest BCUT2D eigenvalue weighted by atomic mass is 35.5. The van der Waals surface area contributed by atoms with Crippen LogP contribution in [0.3, 0.4) is 0 Å². The van der Waals surface area contributed by atoms with Crippen LogP contribution in [0.1, 0.15) is 13.8 Å². The van der Waals surface area contributed by atoms with Gasteiger partial charge in [-0.2, -0.15) is 0 Å². The van der Waals surface area contributed by atoms with Gasteiger partial charge in [0.05, 0.1) is 5.92 Å². The molecule has 9 heteroatoms. The van der Waals surface area contributed by atoms with E-state index in [0.717, 1.165) is 10.8 Å². The lowest BCUT2D eigenvalue weighted by molar-refractivity contribution is -0.167. The fourth-order valence-electron chi connectivity index (χ4n) is 2.05. The molecule has 0 heterocycles. The zero-order chi connectivity index (χ0) is 20.0. The van der Waals surface area contributed by atoms with Gasteiger partial charge >= 0.3 is 11.9 Å². The standard InChI is InChI=1S/C18H20ClN3O5/c1-10(2)17(23)25-9-26-18(24)15(22-21)16(20)27-14-6-4-11-7-13(19)5-3-12(11)8-14/h3-8,10,22H,9,20-21H2,1-2H3/b16-15+. The summed E-state index contributed by atoms with van der Waals surface area (Å²) in [5, 5.41) is 2.40. The summed E-state index contributed by atoms with van der Waals surface area (Å²) < 4.78 is 15.0. The Kier molecular flexibility index (Phi) is 6.86. The van der Waals surface area contributed by atoms with E-state index in [9.17, 15) is 9.59 Å². The fraction of sp³-hybridized carbons (Fsp3) is 0.222. The molecule has 0 aliphatic carbocycles. The molecule has 0 saturated heterocycles. The molecule has 2 aromatic rings. The Bertz CT molecular complexity index is 882. The van der Waals surface area contributed by atoms with Crippen molar-refractivity contribution in [2.45, 2.75) is 13.8 Å². The quantitative estimate of drug-likeness (QED) is 0.163. The Morgan fingerprint density at radius 2 is 1.78 bits per heavy atom. The van der Waals surface area contributed by atoms with Crippen LogP contribution in [-0.4, -0.2) is 18.7 Å². The minimum Gasteiger partial charge on any atom is -0.439 e. The lowest BCUT2D eigenvalue weighted by Gasteiger charge is -2.13. The highest BCUT2D eigenvalue weighted by Gasteiger charge is 2.18. The van der Waals surface area contributed by atoms with E-state index in [4.69, 9.17) is 37.4 Å². The first-order valence-electron chi connectivity index (χ1n) is 7.99. The Morgan fingerprint density at radius 3 is 2.44 bits per heavy atom. The molecule has 0 radical (unpaired) electrons. The van der Waals surface area contributed by atoms with Crippen molar-refractivity contribution < 1.29 is 23.8 Å². The minimum absolute atomic E-state index is 0.300. The summed E-state index contributed by atoms with van der Waals surface area (Å²) in [6.07, 6.45) is 0. The number of ether oxygens (including phenoxy) is 3. The molecule has 0 spiro atoms. The number of nitrogens with two attached hydrogens (primary N) is 2. The SMILES string of the molecule is CC(C)C(=O)OCOC(=O)/C(NN)=C(/N)Oc1ccc2cc(Cl)ccc2c1. The lowest BCUT2D eigenvalue weighted by Crippen LogP contribution is -2.33. The molecule has 0 aliphatic heterocycles. The van der Waals surface area contributed by atoms with Crippen molar-refractivity contribution >= 4 is 34.3 Å². The third-order valence-corrected chi connectivity index (χ3v) is 3.69. The molecule has 0 unspecified atom stereocenters. The average molecular weight is 394 g/mol. The maximum absolute atomic E-state index is 12.0. The lowest BCUT2D eigenvalue weighted by atomic mass is 10.1. The number of carbonyl (C=O) groups excluding carboxylic acids is 2. The van der Waals surface area contributed by atoms with Crippen LogP contribution < -0.4 is 21.7 Å². The summed E-state index contributed by atoms with van der Waals surface area (Å²) in [5.74, 6) is 3.63. The molecule has 0 bridgehead atoms. The van der Waals surface area contributed by atoms with Crippen molar-refractivity contribution in [3.63, 3.8) is 0 Å². The molecule has 2 rings (SSSR count). The van der Waals surface area contributed by atoms with Crippen LogP contribution in [-0.2, 0) is 19.1 Å². The van der Waals surface area contributed by atoms with Crippen molar-refractivity contribution in [2.24, 2.45) is 17.5 Å². The van der Waals surface area contributed by atoms with Gasteiger partial charge in [0.1, 0.15) is 5.75 Å². The van der Waals surface area contributed by atoms with Gasteiger partial charge in [0, 0.05) is 5.02 Å². The van der Waals surface area contributed by atoms with Gasteiger partial charge in [-0.1, -0.05) is 37.6 Å². The van der Waals surface area contributed by atoms with Crippen LogP contribution in [0, 0.1) is 5.92 Å². The van der Waals surface area contributed by atoms with E-state index >= 15 is 0 Å². The van der Waals surface area contributed by atoms with Crippen LogP contribution in [0.2, 0.25) is 5.02 Å². The van der Waals surface area contributed by atoms with E-state index in [0.29, 0.717) is 10.8 Å². The summed E-state index contributed by atoms with van der Waals surface area (Å²) in [6, 6.07) is 10.6. The van der Waals surface area contributed by atoms with Crippen molar-refractivity contribution in [3.8, 4) is 5.75 Å². The highest BCUT2D eigenvalue weighted by molar-refractivity contribution is 6.31. The Labute approximate surface area is 161 Å². The molecule has 5 N–H and O–H groups in total. The smallest absolute Gasteiger partial charge is 0.364 e. The van der Waals surface area contributed by atoms with E-state index < -0.39 is 18.7 Å². The topological polar surface area (TPSA) is 126 Å². The van der Waals surface area contributed by atoms with Gasteiger partial charge in [-0.15, -0.1) is 0 Å². The fourth-order valence-corrected chi connectivity index (χ4v) is 2.23. The average Bonchev–Trinajstić information content (AvgIpc) is 2.62. The van der Waals surface area contributed by atoms with Gasteiger partial charge in [0.2, 0.25) is 12.7 Å². The normalized spacial score (nSPS) is 11.7.